The number of nitrogens with one attached hydrogen (secondary N) is 1. The van der Waals surface area contributed by atoms with E-state index in [4.69, 9.17) is 15.6 Å². The van der Waals surface area contributed by atoms with Gasteiger partial charge < -0.3 is 24.1 Å². The first-order valence-electron chi connectivity index (χ1n) is 11.4. The summed E-state index contributed by atoms with van der Waals surface area (Å²) < 4.78 is 69.0. The molecule has 34 heavy (non-hydrogen) atoms. The van der Waals surface area contributed by atoms with Crippen molar-refractivity contribution in [1.29, 1.82) is 0 Å². The van der Waals surface area contributed by atoms with Crippen LogP contribution >= 0.6 is 0 Å². The molecule has 0 radical (unpaired) electrons. The van der Waals surface area contributed by atoms with Crippen LogP contribution in [0, 0.1) is 12.7 Å². The van der Waals surface area contributed by atoms with Gasteiger partial charge in [0.25, 0.3) is 5.92 Å². The lowest BCUT2D eigenvalue weighted by molar-refractivity contribution is -0.134. The summed E-state index contributed by atoms with van der Waals surface area (Å²) in [5, 5.41) is 0.552. The topological polar surface area (TPSA) is 72.5 Å². The number of fused-ring (bicyclic) bond motifs is 2. The number of rotatable bonds is 5. The van der Waals surface area contributed by atoms with Crippen LogP contribution in [0.1, 0.15) is 13.5 Å². The van der Waals surface area contributed by atoms with Gasteiger partial charge in [0.15, 0.2) is 17.7 Å². The molecule has 7 nitrogen and oxygen atoms in total. The van der Waals surface area contributed by atoms with E-state index in [0.29, 0.717) is 17.4 Å². The summed E-state index contributed by atoms with van der Waals surface area (Å²) in [4.78, 5) is 12.9. The van der Waals surface area contributed by atoms with Crippen molar-refractivity contribution >= 4 is 21.8 Å². The number of hydrogen-bond acceptors (Lipinski definition) is 6. The third kappa shape index (κ3) is 3.98. The molecule has 1 saturated heterocycles. The van der Waals surface area contributed by atoms with E-state index in [1.54, 1.807) is 19.2 Å². The smallest absolute Gasteiger partial charge is 0.296 e. The van der Waals surface area contributed by atoms with Crippen molar-refractivity contribution in [1.82, 2.24) is 19.9 Å². The molecule has 2 aromatic heterocycles. The second-order valence-corrected chi connectivity index (χ2v) is 8.43. The highest BCUT2D eigenvalue weighted by Crippen LogP contribution is 2.41. The van der Waals surface area contributed by atoms with Crippen molar-refractivity contribution < 1.29 is 28.8 Å². The number of aryl methyl sites for hydroxylation is 1. The Morgan fingerprint density at radius 1 is 1.21 bits per heavy atom. The van der Waals surface area contributed by atoms with Crippen LogP contribution in [0.25, 0.3) is 21.8 Å². The van der Waals surface area contributed by atoms with E-state index >= 15 is 4.39 Å². The number of benzene rings is 2. The summed E-state index contributed by atoms with van der Waals surface area (Å²) in [6.07, 6.45) is -0.0964. The highest BCUT2D eigenvalue weighted by molar-refractivity contribution is 5.91. The number of aromatic nitrogens is 3. The Hall–Kier alpha value is -3.53. The predicted molar refractivity (Wildman–Crippen MR) is 121 cm³/mol. The fourth-order valence-corrected chi connectivity index (χ4v) is 4.21. The van der Waals surface area contributed by atoms with Gasteiger partial charge in [0.2, 0.25) is 5.88 Å². The molecular weight excluding hydrogens is 449 g/mol. The number of nitrogens with zero attached hydrogens (tertiary/aromatic N) is 3. The standard InChI is InChI=1S/C24H23F3N4O3/c1-13-8-15-16(30-13)4-5-18(22(15)25)34-23-21-17(28-12-29-23)9-14(32-3)10-19(21)33-20-6-7-31(2)11-24(20,26)27/h4-5,8-10,12,20,30H,6-7,11H2,1-3H3/t20-/m1/s1/i3D. The minimum Gasteiger partial charge on any atom is -0.497 e. The van der Waals surface area contributed by atoms with Gasteiger partial charge in [-0.1, -0.05) is 0 Å². The molecule has 1 atom stereocenters. The molecule has 1 aliphatic heterocycles. The lowest BCUT2D eigenvalue weighted by Gasteiger charge is -2.36. The number of aromatic amines is 1. The van der Waals surface area contributed by atoms with Crippen molar-refractivity contribution in [2.24, 2.45) is 0 Å². The van der Waals surface area contributed by atoms with Crippen LogP contribution in [0.2, 0.25) is 0 Å². The largest absolute Gasteiger partial charge is 0.497 e. The zero-order valence-electron chi connectivity index (χ0n) is 19.6. The lowest BCUT2D eigenvalue weighted by atomic mass is 10.0. The Kier molecular flexibility index (Phi) is 5.17. The summed E-state index contributed by atoms with van der Waals surface area (Å²) in [5.41, 5.74) is 1.69. The van der Waals surface area contributed by atoms with E-state index < -0.39 is 24.4 Å². The molecule has 10 heteroatoms. The summed E-state index contributed by atoms with van der Waals surface area (Å²) in [7, 11) is 1.24. The summed E-state index contributed by atoms with van der Waals surface area (Å²) in [6.45, 7) is 1.80. The van der Waals surface area contributed by atoms with E-state index in [1.165, 1.54) is 29.4 Å². The average molecular weight is 473 g/mol. The highest BCUT2D eigenvalue weighted by Gasteiger charge is 2.45. The van der Waals surface area contributed by atoms with E-state index in [9.17, 15) is 8.78 Å². The lowest BCUT2D eigenvalue weighted by Crippen LogP contribution is -2.52. The second-order valence-electron chi connectivity index (χ2n) is 8.43. The van der Waals surface area contributed by atoms with Gasteiger partial charge in [-0.25, -0.2) is 23.1 Å². The zero-order valence-corrected chi connectivity index (χ0v) is 18.6. The Balaban J connectivity index is 1.59. The van der Waals surface area contributed by atoms with Crippen LogP contribution in [-0.2, 0) is 0 Å². The minimum atomic E-state index is -3.11. The van der Waals surface area contributed by atoms with Crippen LogP contribution in [0.5, 0.6) is 23.1 Å². The number of methoxy groups -OCH3 is 1. The third-order valence-corrected chi connectivity index (χ3v) is 5.84. The monoisotopic (exact) mass is 473 g/mol. The molecule has 0 bridgehead atoms. The van der Waals surface area contributed by atoms with Gasteiger partial charge in [-0.15, -0.1) is 0 Å². The first kappa shape index (κ1) is 21.0. The molecule has 0 amide bonds. The molecule has 0 unspecified atom stereocenters. The second kappa shape index (κ2) is 8.35. The number of likely N-dealkylation sites (tertiary alicyclic amines) is 1. The quantitative estimate of drug-likeness (QED) is 0.436. The molecule has 0 aliphatic carbocycles. The Bertz CT molecular complexity index is 1400. The van der Waals surface area contributed by atoms with Crippen molar-refractivity contribution in [3.8, 4) is 23.1 Å². The molecule has 1 aliphatic rings. The molecule has 5 rings (SSSR count). The van der Waals surface area contributed by atoms with Crippen LogP contribution < -0.4 is 14.2 Å². The molecule has 0 saturated carbocycles. The third-order valence-electron chi connectivity index (χ3n) is 5.84. The van der Waals surface area contributed by atoms with Crippen LogP contribution in [-0.4, -0.2) is 59.1 Å². The van der Waals surface area contributed by atoms with Gasteiger partial charge in [-0.2, -0.15) is 0 Å². The van der Waals surface area contributed by atoms with Gasteiger partial charge in [-0.05, 0) is 32.2 Å². The molecular formula is C24H23F3N4O3. The van der Waals surface area contributed by atoms with Crippen molar-refractivity contribution in [3.05, 3.63) is 48.2 Å². The van der Waals surface area contributed by atoms with E-state index in [1.807, 2.05) is 6.92 Å². The van der Waals surface area contributed by atoms with Gasteiger partial charge in [0.05, 0.1) is 20.5 Å². The highest BCUT2D eigenvalue weighted by atomic mass is 19.3. The number of H-pyrrole nitrogens is 1. The van der Waals surface area contributed by atoms with E-state index in [0.717, 1.165) is 5.69 Å². The number of piperidine rings is 1. The first-order chi connectivity index (χ1) is 16.7. The fourth-order valence-electron chi connectivity index (χ4n) is 4.21. The van der Waals surface area contributed by atoms with E-state index in [2.05, 4.69) is 15.0 Å². The van der Waals surface area contributed by atoms with Crippen LogP contribution in [0.3, 0.4) is 0 Å². The maximum Gasteiger partial charge on any atom is 0.296 e. The summed E-state index contributed by atoms with van der Waals surface area (Å²) in [5.74, 6) is -3.60. The maximum atomic E-state index is 15.2. The van der Waals surface area contributed by atoms with Gasteiger partial charge in [0.1, 0.15) is 23.2 Å². The summed E-state index contributed by atoms with van der Waals surface area (Å²) in [6, 6.07) is 7.73. The van der Waals surface area contributed by atoms with Crippen LogP contribution in [0.4, 0.5) is 13.2 Å². The molecule has 2 aromatic carbocycles. The molecule has 178 valence electrons. The van der Waals surface area contributed by atoms with Gasteiger partial charge >= 0.3 is 0 Å². The number of ether oxygens (including phenoxy) is 3. The fraction of sp³-hybridized carbons (Fsp3) is 0.333. The maximum absolute atomic E-state index is 15.2. The Morgan fingerprint density at radius 2 is 2.06 bits per heavy atom. The molecule has 1 fully saturated rings. The summed E-state index contributed by atoms with van der Waals surface area (Å²) >= 11 is 0. The minimum absolute atomic E-state index is 0.00903. The Morgan fingerprint density at radius 3 is 2.85 bits per heavy atom. The number of halogens is 3. The Labute approximate surface area is 194 Å². The average Bonchev–Trinajstić information content (AvgIpc) is 3.18. The van der Waals surface area contributed by atoms with Crippen molar-refractivity contribution in [2.45, 2.75) is 25.4 Å². The SMILES string of the molecule is [2H]COc1cc(O[C@@H]2CCN(C)CC2(F)F)c2c(Oc3ccc4[nH]c(C)cc4c3F)ncnc2c1. The van der Waals surface area contributed by atoms with Gasteiger partial charge in [-0.3, -0.25) is 0 Å². The zero-order chi connectivity index (χ0) is 24.7. The van der Waals surface area contributed by atoms with Crippen LogP contribution in [0.15, 0.2) is 36.7 Å². The predicted octanol–water partition coefficient (Wildman–Crippen LogP) is 5.08. The van der Waals surface area contributed by atoms with Crippen molar-refractivity contribution in [2.75, 3.05) is 27.2 Å². The first-order valence-corrected chi connectivity index (χ1v) is 10.6. The molecule has 4 aromatic rings. The number of hydrogen-bond donors (Lipinski definition) is 1. The van der Waals surface area contributed by atoms with E-state index in [-0.39, 0.29) is 47.5 Å². The molecule has 0 spiro atoms. The van der Waals surface area contributed by atoms with Crippen molar-refractivity contribution in [3.63, 3.8) is 0 Å². The molecule has 1 N–H and O–H groups in total. The normalized spacial score (nSPS) is 18.7. The van der Waals surface area contributed by atoms with Gasteiger partial charge in [0, 0.05) is 41.7 Å². The number of alkyl halides is 2. The molecule has 3 heterocycles.